The maximum Gasteiger partial charge on any atom is 0.283 e. The van der Waals surface area contributed by atoms with Gasteiger partial charge in [0.1, 0.15) is 5.68 Å². The van der Waals surface area contributed by atoms with Crippen LogP contribution in [0.25, 0.3) is 0 Å². The van der Waals surface area contributed by atoms with E-state index in [-0.39, 0.29) is 11.6 Å². The Morgan fingerprint density at radius 3 is 2.10 bits per heavy atom. The lowest BCUT2D eigenvalue weighted by Crippen LogP contribution is -2.34. The smallest absolute Gasteiger partial charge is 0.283 e. The summed E-state index contributed by atoms with van der Waals surface area (Å²) >= 11 is 0. The Kier molecular flexibility index (Phi) is 4.36. The van der Waals surface area contributed by atoms with Crippen LogP contribution >= 0.6 is 0 Å². The van der Waals surface area contributed by atoms with Gasteiger partial charge in [0, 0.05) is 5.92 Å². The van der Waals surface area contributed by atoms with E-state index in [1.54, 1.807) is 0 Å². The van der Waals surface area contributed by atoms with Crippen molar-refractivity contribution in [2.24, 2.45) is 5.92 Å². The van der Waals surface area contributed by atoms with Gasteiger partial charge in [-0.2, -0.15) is 0 Å². The van der Waals surface area contributed by atoms with Crippen LogP contribution in [-0.4, -0.2) is 19.1 Å². The molecule has 0 aliphatic carbocycles. The fraction of sp³-hybridized carbons (Fsp3) is 0.857. The molecule has 0 saturated heterocycles. The van der Waals surface area contributed by atoms with Gasteiger partial charge in [-0.3, -0.25) is 0 Å². The topological polar surface area (TPSA) is 29.1 Å². The molecule has 0 rings (SSSR count). The molecule has 58 valence electrons. The van der Waals surface area contributed by atoms with Crippen molar-refractivity contribution in [2.75, 3.05) is 0 Å². The van der Waals surface area contributed by atoms with Crippen LogP contribution in [0.4, 0.5) is 0 Å². The Morgan fingerprint density at radius 2 is 1.80 bits per heavy atom. The zero-order valence-electron chi connectivity index (χ0n) is 7.27. The van der Waals surface area contributed by atoms with E-state index in [1.165, 1.54) is 0 Å². The van der Waals surface area contributed by atoms with Crippen LogP contribution < -0.4 is 5.23 Å². The van der Waals surface area contributed by atoms with Crippen molar-refractivity contribution in [3.8, 4) is 0 Å². The molecule has 0 aromatic heterocycles. The first-order valence-corrected chi connectivity index (χ1v) is 3.80. The van der Waals surface area contributed by atoms with Gasteiger partial charge in [-0.05, 0) is 6.04 Å². The van der Waals surface area contributed by atoms with E-state index < -0.39 is 0 Å². The number of rotatable bonds is 4. The minimum Gasteiger partial charge on any atom is -0.350 e. The lowest BCUT2D eigenvalue weighted by Gasteiger charge is -2.06. The molecule has 2 nitrogen and oxygen atoms in total. The van der Waals surface area contributed by atoms with Gasteiger partial charge in [0.15, 0.2) is 0 Å². The van der Waals surface area contributed by atoms with E-state index in [4.69, 9.17) is 0 Å². The molecular formula is C7H16BNO. The highest BCUT2D eigenvalue weighted by atomic mass is 16.1. The number of carbonyl (C=O) groups is 1. The minimum absolute atomic E-state index is 0.159. The van der Waals surface area contributed by atoms with Gasteiger partial charge in [0.2, 0.25) is 0 Å². The molecule has 0 fully saturated rings. The van der Waals surface area contributed by atoms with Crippen LogP contribution in [0.1, 0.15) is 27.7 Å². The standard InChI is InChI=1S/C7H16BNO/c1-5(2)7(10)8-9-6(3)4/h5-6,8-9H,1-4H3. The third-order valence-corrected chi connectivity index (χ3v) is 1.33. The van der Waals surface area contributed by atoms with E-state index in [0.717, 1.165) is 0 Å². The number of nitrogens with one attached hydrogen (secondary N) is 1. The Hall–Kier alpha value is -0.305. The summed E-state index contributed by atoms with van der Waals surface area (Å²) in [6.45, 7) is 7.91. The van der Waals surface area contributed by atoms with Crippen LogP contribution in [0, 0.1) is 5.92 Å². The highest BCUT2D eigenvalue weighted by molar-refractivity contribution is 6.72. The first kappa shape index (κ1) is 9.69. The Morgan fingerprint density at radius 1 is 1.30 bits per heavy atom. The predicted octanol–water partition coefficient (Wildman–Crippen LogP) is 0.518. The molecule has 0 heterocycles. The van der Waals surface area contributed by atoms with E-state index in [1.807, 2.05) is 27.7 Å². The zero-order chi connectivity index (χ0) is 8.15. The summed E-state index contributed by atoms with van der Waals surface area (Å²) in [5, 5.41) is 3.08. The zero-order valence-corrected chi connectivity index (χ0v) is 7.27. The van der Waals surface area contributed by atoms with Crippen molar-refractivity contribution in [3.05, 3.63) is 0 Å². The second-order valence-electron chi connectivity index (χ2n) is 3.16. The van der Waals surface area contributed by atoms with Crippen molar-refractivity contribution < 1.29 is 4.79 Å². The van der Waals surface area contributed by atoms with Crippen LogP contribution in [0.2, 0.25) is 0 Å². The third kappa shape index (κ3) is 4.56. The van der Waals surface area contributed by atoms with Gasteiger partial charge >= 0.3 is 0 Å². The van der Waals surface area contributed by atoms with Crippen molar-refractivity contribution in [3.63, 3.8) is 0 Å². The first-order valence-electron chi connectivity index (χ1n) is 3.80. The Bertz CT molecular complexity index is 112. The van der Waals surface area contributed by atoms with E-state index in [0.29, 0.717) is 13.5 Å². The molecule has 0 bridgehead atoms. The summed E-state index contributed by atoms with van der Waals surface area (Å²) in [6, 6.07) is 0.405. The molecule has 0 aliphatic rings. The average Bonchev–Trinajstić information content (AvgIpc) is 1.82. The molecule has 1 N–H and O–H groups in total. The largest absolute Gasteiger partial charge is 0.350 e. The molecule has 10 heavy (non-hydrogen) atoms. The second kappa shape index (κ2) is 4.50. The van der Waals surface area contributed by atoms with Crippen molar-refractivity contribution in [1.82, 2.24) is 5.23 Å². The fourth-order valence-corrected chi connectivity index (χ4v) is 0.509. The summed E-state index contributed by atoms with van der Waals surface area (Å²) < 4.78 is 0. The highest BCUT2D eigenvalue weighted by Crippen LogP contribution is 1.90. The first-order chi connectivity index (χ1) is 4.54. The monoisotopic (exact) mass is 141 g/mol. The Labute approximate surface area is 63.7 Å². The van der Waals surface area contributed by atoms with Gasteiger partial charge in [-0.1, -0.05) is 27.7 Å². The van der Waals surface area contributed by atoms with Crippen molar-refractivity contribution >= 4 is 13.1 Å². The van der Waals surface area contributed by atoms with Crippen LogP contribution in [-0.2, 0) is 4.79 Å². The van der Waals surface area contributed by atoms with Gasteiger partial charge in [0.05, 0.1) is 0 Å². The van der Waals surface area contributed by atoms with Gasteiger partial charge in [-0.25, -0.2) is 0 Å². The molecule has 0 aromatic carbocycles. The van der Waals surface area contributed by atoms with Gasteiger partial charge in [0.25, 0.3) is 7.41 Å². The minimum atomic E-state index is 0.159. The number of carbonyl (C=O) groups excluding carboxylic acids is 1. The second-order valence-corrected chi connectivity index (χ2v) is 3.16. The summed E-state index contributed by atoms with van der Waals surface area (Å²) in [7, 11) is 0.509. The molecule has 3 heteroatoms. The number of hydrogen-bond donors (Lipinski definition) is 1. The molecule has 0 aliphatic heterocycles. The molecule has 0 amide bonds. The molecule has 0 aromatic rings. The lowest BCUT2D eigenvalue weighted by molar-refractivity contribution is -0.114. The van der Waals surface area contributed by atoms with Crippen molar-refractivity contribution in [2.45, 2.75) is 33.7 Å². The van der Waals surface area contributed by atoms with E-state index in [9.17, 15) is 4.79 Å². The average molecular weight is 141 g/mol. The fourth-order valence-electron chi connectivity index (χ4n) is 0.509. The summed E-state index contributed by atoms with van der Waals surface area (Å²) in [6.07, 6.45) is 0. The molecule has 0 unspecified atom stereocenters. The maximum absolute atomic E-state index is 11.0. The third-order valence-electron chi connectivity index (χ3n) is 1.33. The summed E-state index contributed by atoms with van der Waals surface area (Å²) in [5.74, 6) is 0.159. The highest BCUT2D eigenvalue weighted by Gasteiger charge is 2.08. The number of hydrogen-bond acceptors (Lipinski definition) is 2. The SMILES string of the molecule is CC(C)NBC(=O)C(C)C. The predicted molar refractivity (Wildman–Crippen MR) is 45.3 cm³/mol. The van der Waals surface area contributed by atoms with Crippen LogP contribution in [0.5, 0.6) is 0 Å². The molecule has 0 radical (unpaired) electrons. The Balaban J connectivity index is 3.40. The van der Waals surface area contributed by atoms with E-state index >= 15 is 0 Å². The summed E-state index contributed by atoms with van der Waals surface area (Å²) in [4.78, 5) is 11.0. The van der Waals surface area contributed by atoms with E-state index in [2.05, 4.69) is 5.23 Å². The molecule has 0 spiro atoms. The van der Waals surface area contributed by atoms with Crippen LogP contribution in [0.15, 0.2) is 0 Å². The van der Waals surface area contributed by atoms with Crippen LogP contribution in [0.3, 0.4) is 0 Å². The van der Waals surface area contributed by atoms with Crippen molar-refractivity contribution in [1.29, 1.82) is 0 Å². The van der Waals surface area contributed by atoms with Gasteiger partial charge < -0.3 is 10.0 Å². The normalized spacial score (nSPS) is 10.6. The molecule has 0 atom stereocenters. The van der Waals surface area contributed by atoms with Gasteiger partial charge in [-0.15, -0.1) is 0 Å². The molecular weight excluding hydrogens is 125 g/mol. The molecule has 0 saturated carbocycles. The maximum atomic E-state index is 11.0. The summed E-state index contributed by atoms with van der Waals surface area (Å²) in [5.41, 5.74) is 0.286. The lowest BCUT2D eigenvalue weighted by atomic mass is 9.80. The quantitative estimate of drug-likeness (QED) is 0.578.